The van der Waals surface area contributed by atoms with Gasteiger partial charge in [-0.15, -0.1) is 0 Å². The largest absolute Gasteiger partial charge is 0.392 e. The molecule has 0 heterocycles. The first-order valence-electron chi connectivity index (χ1n) is 6.97. The molecule has 1 rings (SSSR count). The number of aliphatic hydroxyl groups excluding tert-OH is 1. The van der Waals surface area contributed by atoms with Crippen molar-refractivity contribution in [3.63, 3.8) is 0 Å². The van der Waals surface area contributed by atoms with Crippen LogP contribution in [0, 0.1) is 11.8 Å². The summed E-state index contributed by atoms with van der Waals surface area (Å²) in [7, 11) is 0. The molecule has 0 radical (unpaired) electrons. The van der Waals surface area contributed by atoms with Gasteiger partial charge in [-0.25, -0.2) is 0 Å². The van der Waals surface area contributed by atoms with E-state index >= 15 is 0 Å². The molecule has 2 atom stereocenters. The van der Waals surface area contributed by atoms with Gasteiger partial charge in [-0.05, 0) is 31.1 Å². The van der Waals surface area contributed by atoms with Gasteiger partial charge in [-0.2, -0.15) is 11.8 Å². The Morgan fingerprint density at radius 3 is 2.31 bits per heavy atom. The first-order valence-corrected chi connectivity index (χ1v) is 8.01. The summed E-state index contributed by atoms with van der Waals surface area (Å²) in [6.07, 6.45) is 7.65. The van der Waals surface area contributed by atoms with Crippen molar-refractivity contribution in [2.45, 2.75) is 70.7 Å². The van der Waals surface area contributed by atoms with Crippen molar-refractivity contribution in [1.82, 2.24) is 0 Å². The molecule has 1 N–H and O–H groups in total. The van der Waals surface area contributed by atoms with Gasteiger partial charge in [0.05, 0.1) is 6.10 Å². The Balaban J connectivity index is 2.20. The second kappa shape index (κ2) is 7.60. The Morgan fingerprint density at radius 1 is 1.19 bits per heavy atom. The molecule has 0 aliphatic heterocycles. The monoisotopic (exact) mass is 244 g/mol. The summed E-state index contributed by atoms with van der Waals surface area (Å²) in [6.45, 7) is 6.77. The average molecular weight is 244 g/mol. The van der Waals surface area contributed by atoms with Gasteiger partial charge in [-0.1, -0.05) is 40.0 Å². The molecule has 0 saturated heterocycles. The van der Waals surface area contributed by atoms with E-state index in [-0.39, 0.29) is 6.10 Å². The standard InChI is InChI=1S/C14H28OS/c1-4-11(3)16-10-14(15)13-8-6-12(5-2)7-9-13/h11-15H,4-10H2,1-3H3. The predicted molar refractivity (Wildman–Crippen MR) is 74.0 cm³/mol. The maximum atomic E-state index is 10.2. The maximum Gasteiger partial charge on any atom is 0.0658 e. The van der Waals surface area contributed by atoms with E-state index < -0.39 is 0 Å². The molecule has 0 spiro atoms. The van der Waals surface area contributed by atoms with E-state index in [9.17, 15) is 5.11 Å². The van der Waals surface area contributed by atoms with Crippen molar-refractivity contribution in [3.8, 4) is 0 Å². The van der Waals surface area contributed by atoms with Crippen LogP contribution >= 0.6 is 11.8 Å². The van der Waals surface area contributed by atoms with Gasteiger partial charge < -0.3 is 5.11 Å². The van der Waals surface area contributed by atoms with E-state index in [0.29, 0.717) is 11.2 Å². The van der Waals surface area contributed by atoms with Crippen molar-refractivity contribution in [2.24, 2.45) is 11.8 Å². The van der Waals surface area contributed by atoms with Gasteiger partial charge in [-0.3, -0.25) is 0 Å². The third-order valence-electron chi connectivity index (χ3n) is 4.14. The molecular formula is C14H28OS. The van der Waals surface area contributed by atoms with Gasteiger partial charge in [0.15, 0.2) is 0 Å². The van der Waals surface area contributed by atoms with E-state index in [1.54, 1.807) is 0 Å². The molecule has 96 valence electrons. The first kappa shape index (κ1) is 14.4. The van der Waals surface area contributed by atoms with E-state index in [0.717, 1.165) is 11.7 Å². The minimum atomic E-state index is -0.0585. The lowest BCUT2D eigenvalue weighted by molar-refractivity contribution is 0.0915. The Kier molecular flexibility index (Phi) is 6.83. The molecule has 0 aromatic rings. The zero-order valence-corrected chi connectivity index (χ0v) is 11.9. The summed E-state index contributed by atoms with van der Waals surface area (Å²) in [5.41, 5.74) is 0. The van der Waals surface area contributed by atoms with Crippen molar-refractivity contribution in [1.29, 1.82) is 0 Å². The van der Waals surface area contributed by atoms with Crippen LogP contribution in [0.15, 0.2) is 0 Å². The minimum absolute atomic E-state index is 0.0585. The number of thioether (sulfide) groups is 1. The zero-order chi connectivity index (χ0) is 12.0. The molecule has 0 bridgehead atoms. The molecule has 1 aliphatic carbocycles. The highest BCUT2D eigenvalue weighted by Crippen LogP contribution is 2.33. The van der Waals surface area contributed by atoms with Crippen LogP contribution in [0.4, 0.5) is 0 Å². The van der Waals surface area contributed by atoms with Gasteiger partial charge in [0.1, 0.15) is 0 Å². The highest BCUT2D eigenvalue weighted by atomic mass is 32.2. The fourth-order valence-corrected chi connectivity index (χ4v) is 3.53. The molecule has 2 unspecified atom stereocenters. The maximum absolute atomic E-state index is 10.2. The van der Waals surface area contributed by atoms with Crippen LogP contribution in [0.25, 0.3) is 0 Å². The second-order valence-electron chi connectivity index (χ2n) is 5.31. The molecule has 1 fully saturated rings. The summed E-state index contributed by atoms with van der Waals surface area (Å²) in [5, 5.41) is 10.9. The molecule has 0 amide bonds. The number of hydrogen-bond acceptors (Lipinski definition) is 2. The highest BCUT2D eigenvalue weighted by Gasteiger charge is 2.25. The fraction of sp³-hybridized carbons (Fsp3) is 1.00. The SMILES string of the molecule is CCC1CCC(C(O)CSC(C)CC)CC1. The summed E-state index contributed by atoms with van der Waals surface area (Å²) in [4.78, 5) is 0. The van der Waals surface area contributed by atoms with E-state index in [1.807, 2.05) is 11.8 Å². The molecule has 1 aliphatic rings. The Morgan fingerprint density at radius 2 is 1.81 bits per heavy atom. The molecular weight excluding hydrogens is 216 g/mol. The normalized spacial score (nSPS) is 30.0. The smallest absolute Gasteiger partial charge is 0.0658 e. The highest BCUT2D eigenvalue weighted by molar-refractivity contribution is 7.99. The Bertz CT molecular complexity index is 176. The molecule has 0 aromatic carbocycles. The van der Waals surface area contributed by atoms with Crippen LogP contribution in [0.5, 0.6) is 0 Å². The van der Waals surface area contributed by atoms with E-state index in [2.05, 4.69) is 20.8 Å². The number of hydrogen-bond donors (Lipinski definition) is 1. The summed E-state index contributed by atoms with van der Waals surface area (Å²) < 4.78 is 0. The minimum Gasteiger partial charge on any atom is -0.392 e. The van der Waals surface area contributed by atoms with Crippen molar-refractivity contribution in [3.05, 3.63) is 0 Å². The van der Waals surface area contributed by atoms with Crippen LogP contribution in [0.1, 0.15) is 59.3 Å². The number of aliphatic hydroxyl groups is 1. The van der Waals surface area contributed by atoms with Crippen LogP contribution in [-0.4, -0.2) is 22.2 Å². The lowest BCUT2D eigenvalue weighted by Crippen LogP contribution is -2.28. The summed E-state index contributed by atoms with van der Waals surface area (Å²) in [6, 6.07) is 0. The van der Waals surface area contributed by atoms with Gasteiger partial charge in [0, 0.05) is 11.0 Å². The van der Waals surface area contributed by atoms with Crippen molar-refractivity contribution >= 4 is 11.8 Å². The van der Waals surface area contributed by atoms with Crippen LogP contribution in [-0.2, 0) is 0 Å². The van der Waals surface area contributed by atoms with E-state index in [4.69, 9.17) is 0 Å². The lowest BCUT2D eigenvalue weighted by Gasteiger charge is -2.31. The zero-order valence-electron chi connectivity index (χ0n) is 11.1. The quantitative estimate of drug-likeness (QED) is 0.759. The van der Waals surface area contributed by atoms with Crippen LogP contribution in [0.2, 0.25) is 0 Å². The Labute approximate surface area is 105 Å². The van der Waals surface area contributed by atoms with Crippen molar-refractivity contribution in [2.75, 3.05) is 5.75 Å². The van der Waals surface area contributed by atoms with Crippen molar-refractivity contribution < 1.29 is 5.11 Å². The van der Waals surface area contributed by atoms with Gasteiger partial charge in [0.2, 0.25) is 0 Å². The topological polar surface area (TPSA) is 20.2 Å². The lowest BCUT2D eigenvalue weighted by atomic mass is 9.79. The molecule has 1 saturated carbocycles. The summed E-state index contributed by atoms with van der Waals surface area (Å²) >= 11 is 1.93. The fourth-order valence-electron chi connectivity index (χ4n) is 2.50. The average Bonchev–Trinajstić information content (AvgIpc) is 2.35. The number of rotatable bonds is 6. The predicted octanol–water partition coefficient (Wildman–Crippen LogP) is 4.10. The van der Waals surface area contributed by atoms with Gasteiger partial charge in [0.25, 0.3) is 0 Å². The molecule has 0 aromatic heterocycles. The van der Waals surface area contributed by atoms with Gasteiger partial charge >= 0.3 is 0 Å². The van der Waals surface area contributed by atoms with E-state index in [1.165, 1.54) is 38.5 Å². The Hall–Kier alpha value is 0.310. The third kappa shape index (κ3) is 4.67. The second-order valence-corrected chi connectivity index (χ2v) is 6.78. The molecule has 1 nitrogen and oxygen atoms in total. The molecule has 2 heteroatoms. The van der Waals surface area contributed by atoms with Crippen LogP contribution < -0.4 is 0 Å². The first-order chi connectivity index (χ1) is 7.67. The van der Waals surface area contributed by atoms with Crippen LogP contribution in [0.3, 0.4) is 0 Å². The molecule has 16 heavy (non-hydrogen) atoms. The third-order valence-corrected chi connectivity index (χ3v) is 5.58. The summed E-state index contributed by atoms with van der Waals surface area (Å²) in [5.74, 6) is 2.46.